The monoisotopic (exact) mass is 204 g/mol. The Bertz CT molecular complexity index is 351. The molecule has 15 heavy (non-hydrogen) atoms. The van der Waals surface area contributed by atoms with Crippen molar-refractivity contribution in [1.29, 1.82) is 0 Å². The summed E-state index contributed by atoms with van der Waals surface area (Å²) in [5.74, 6) is 0.439. The molecule has 3 nitrogen and oxygen atoms in total. The van der Waals surface area contributed by atoms with E-state index in [1.807, 2.05) is 18.2 Å². The van der Waals surface area contributed by atoms with Crippen molar-refractivity contribution in [3.63, 3.8) is 0 Å². The molecule has 1 aliphatic heterocycles. The van der Waals surface area contributed by atoms with E-state index in [-0.39, 0.29) is 6.04 Å². The third kappa shape index (κ3) is 2.43. The minimum atomic E-state index is 0.226. The summed E-state index contributed by atoms with van der Waals surface area (Å²) in [6.07, 6.45) is 1.88. The second-order valence-corrected chi connectivity index (χ2v) is 4.14. The van der Waals surface area contributed by atoms with Crippen molar-refractivity contribution in [3.05, 3.63) is 35.4 Å². The van der Waals surface area contributed by atoms with Gasteiger partial charge in [0.15, 0.2) is 0 Å². The first-order valence-electron chi connectivity index (χ1n) is 5.31. The van der Waals surface area contributed by atoms with Gasteiger partial charge in [-0.05, 0) is 24.0 Å². The van der Waals surface area contributed by atoms with Gasteiger partial charge in [0.1, 0.15) is 6.29 Å². The molecule has 0 amide bonds. The highest BCUT2D eigenvalue weighted by Gasteiger charge is 2.20. The molecule has 1 fully saturated rings. The van der Waals surface area contributed by atoms with Crippen LogP contribution in [-0.2, 0) is 0 Å². The molecule has 0 saturated carbocycles. The SMILES string of the molecule is NC1CNCC(c2cccc(C=O)c2)C1. The molecule has 80 valence electrons. The van der Waals surface area contributed by atoms with E-state index < -0.39 is 0 Å². The normalized spacial score (nSPS) is 26.2. The zero-order chi connectivity index (χ0) is 10.7. The molecule has 1 saturated heterocycles. The Hall–Kier alpha value is -1.19. The summed E-state index contributed by atoms with van der Waals surface area (Å²) in [6.45, 7) is 1.85. The van der Waals surface area contributed by atoms with Gasteiger partial charge in [-0.1, -0.05) is 18.2 Å². The lowest BCUT2D eigenvalue weighted by Crippen LogP contribution is -2.43. The number of carbonyl (C=O) groups is 1. The van der Waals surface area contributed by atoms with Crippen molar-refractivity contribution in [2.45, 2.75) is 18.4 Å². The Morgan fingerprint density at radius 3 is 3.00 bits per heavy atom. The third-order valence-electron chi connectivity index (χ3n) is 2.90. The number of carbonyl (C=O) groups excluding carboxylic acids is 1. The summed E-state index contributed by atoms with van der Waals surface area (Å²) in [5.41, 5.74) is 7.85. The number of nitrogens with two attached hydrogens (primary N) is 1. The largest absolute Gasteiger partial charge is 0.327 e. The maximum absolute atomic E-state index is 10.7. The Kier molecular flexibility index (Phi) is 3.14. The molecule has 0 bridgehead atoms. The van der Waals surface area contributed by atoms with Gasteiger partial charge in [-0.15, -0.1) is 0 Å². The molecule has 1 aromatic carbocycles. The zero-order valence-corrected chi connectivity index (χ0v) is 8.65. The van der Waals surface area contributed by atoms with Crippen molar-refractivity contribution in [2.24, 2.45) is 5.73 Å². The van der Waals surface area contributed by atoms with Gasteiger partial charge in [-0.25, -0.2) is 0 Å². The minimum absolute atomic E-state index is 0.226. The van der Waals surface area contributed by atoms with Gasteiger partial charge in [-0.3, -0.25) is 4.79 Å². The van der Waals surface area contributed by atoms with Crippen molar-refractivity contribution < 1.29 is 4.79 Å². The molecule has 0 spiro atoms. The molecular formula is C12H16N2O. The molecule has 2 unspecified atom stereocenters. The molecule has 0 radical (unpaired) electrons. The molecule has 1 aliphatic rings. The fraction of sp³-hybridized carbons (Fsp3) is 0.417. The van der Waals surface area contributed by atoms with Crippen LogP contribution in [0.4, 0.5) is 0 Å². The molecule has 0 aromatic heterocycles. The molecule has 0 aliphatic carbocycles. The molecule has 2 rings (SSSR count). The van der Waals surface area contributed by atoms with Crippen LogP contribution in [0.2, 0.25) is 0 Å². The maximum atomic E-state index is 10.7. The Morgan fingerprint density at radius 1 is 1.40 bits per heavy atom. The van der Waals surface area contributed by atoms with E-state index in [1.165, 1.54) is 5.56 Å². The first kappa shape index (κ1) is 10.3. The van der Waals surface area contributed by atoms with E-state index in [1.54, 1.807) is 0 Å². The highest BCUT2D eigenvalue weighted by Crippen LogP contribution is 2.23. The Labute approximate surface area is 89.7 Å². The number of benzene rings is 1. The summed E-state index contributed by atoms with van der Waals surface area (Å²) in [4.78, 5) is 10.7. The second-order valence-electron chi connectivity index (χ2n) is 4.14. The van der Waals surface area contributed by atoms with Crippen molar-refractivity contribution in [1.82, 2.24) is 5.32 Å². The van der Waals surface area contributed by atoms with Crippen LogP contribution >= 0.6 is 0 Å². The number of piperidine rings is 1. The topological polar surface area (TPSA) is 55.1 Å². The van der Waals surface area contributed by atoms with Crippen LogP contribution in [0.25, 0.3) is 0 Å². The van der Waals surface area contributed by atoms with Gasteiger partial charge < -0.3 is 11.1 Å². The van der Waals surface area contributed by atoms with Crippen LogP contribution in [0.3, 0.4) is 0 Å². The van der Waals surface area contributed by atoms with Crippen LogP contribution in [0.15, 0.2) is 24.3 Å². The van der Waals surface area contributed by atoms with Crippen LogP contribution in [0, 0.1) is 0 Å². The van der Waals surface area contributed by atoms with Crippen molar-refractivity contribution in [3.8, 4) is 0 Å². The van der Waals surface area contributed by atoms with E-state index in [9.17, 15) is 4.79 Å². The molecule has 3 N–H and O–H groups in total. The number of aldehydes is 1. The number of hydrogen-bond donors (Lipinski definition) is 2. The average Bonchev–Trinajstić information content (AvgIpc) is 2.29. The van der Waals surface area contributed by atoms with Gasteiger partial charge in [0.05, 0.1) is 0 Å². The van der Waals surface area contributed by atoms with Gasteiger partial charge in [0, 0.05) is 24.7 Å². The van der Waals surface area contributed by atoms with E-state index in [4.69, 9.17) is 5.73 Å². The van der Waals surface area contributed by atoms with Gasteiger partial charge in [0.25, 0.3) is 0 Å². The first-order chi connectivity index (χ1) is 7.29. The van der Waals surface area contributed by atoms with E-state index in [0.717, 1.165) is 31.4 Å². The minimum Gasteiger partial charge on any atom is -0.327 e. The summed E-state index contributed by atoms with van der Waals surface area (Å²) < 4.78 is 0. The summed E-state index contributed by atoms with van der Waals surface area (Å²) in [5, 5.41) is 3.31. The van der Waals surface area contributed by atoms with E-state index in [2.05, 4.69) is 11.4 Å². The molecule has 1 heterocycles. The fourth-order valence-electron chi connectivity index (χ4n) is 2.12. The second kappa shape index (κ2) is 4.55. The zero-order valence-electron chi connectivity index (χ0n) is 8.65. The lowest BCUT2D eigenvalue weighted by Gasteiger charge is -2.28. The van der Waals surface area contributed by atoms with Gasteiger partial charge >= 0.3 is 0 Å². The highest BCUT2D eigenvalue weighted by molar-refractivity contribution is 5.75. The molecule has 1 aromatic rings. The predicted molar refractivity (Wildman–Crippen MR) is 60.0 cm³/mol. The van der Waals surface area contributed by atoms with Gasteiger partial charge in [0.2, 0.25) is 0 Å². The average molecular weight is 204 g/mol. The lowest BCUT2D eigenvalue weighted by atomic mass is 9.89. The van der Waals surface area contributed by atoms with Crippen molar-refractivity contribution >= 4 is 6.29 Å². The summed E-state index contributed by atoms with van der Waals surface area (Å²) in [6, 6.07) is 8.00. The van der Waals surface area contributed by atoms with E-state index >= 15 is 0 Å². The summed E-state index contributed by atoms with van der Waals surface area (Å²) >= 11 is 0. The van der Waals surface area contributed by atoms with Crippen molar-refractivity contribution in [2.75, 3.05) is 13.1 Å². The van der Waals surface area contributed by atoms with E-state index in [0.29, 0.717) is 5.92 Å². The van der Waals surface area contributed by atoms with Crippen LogP contribution in [0.1, 0.15) is 28.3 Å². The quantitative estimate of drug-likeness (QED) is 0.704. The van der Waals surface area contributed by atoms with Crippen LogP contribution in [-0.4, -0.2) is 25.4 Å². The molecule has 3 heteroatoms. The van der Waals surface area contributed by atoms with Crippen LogP contribution in [0.5, 0.6) is 0 Å². The number of hydrogen-bond acceptors (Lipinski definition) is 3. The smallest absolute Gasteiger partial charge is 0.150 e. The Balaban J connectivity index is 2.17. The van der Waals surface area contributed by atoms with Gasteiger partial charge in [-0.2, -0.15) is 0 Å². The number of nitrogens with one attached hydrogen (secondary N) is 1. The lowest BCUT2D eigenvalue weighted by molar-refractivity contribution is 0.112. The standard InChI is InChI=1S/C12H16N2O/c13-12-5-11(6-14-7-12)10-3-1-2-9(4-10)8-15/h1-4,8,11-12,14H,5-7,13H2. The highest BCUT2D eigenvalue weighted by atomic mass is 16.1. The Morgan fingerprint density at radius 2 is 2.27 bits per heavy atom. The third-order valence-corrected chi connectivity index (χ3v) is 2.90. The molecular weight excluding hydrogens is 188 g/mol. The maximum Gasteiger partial charge on any atom is 0.150 e. The van der Waals surface area contributed by atoms with Crippen LogP contribution < -0.4 is 11.1 Å². The fourth-order valence-corrected chi connectivity index (χ4v) is 2.12. The number of rotatable bonds is 2. The predicted octanol–water partition coefficient (Wildman–Crippen LogP) is 0.903. The molecule has 2 atom stereocenters. The first-order valence-corrected chi connectivity index (χ1v) is 5.31. The summed E-state index contributed by atoms with van der Waals surface area (Å²) in [7, 11) is 0.